The first-order valence-corrected chi connectivity index (χ1v) is 2.32. The number of rotatable bonds is 3. The molecule has 0 fully saturated rings. The molecule has 0 aliphatic carbocycles. The Labute approximate surface area is 47.3 Å². The van der Waals surface area contributed by atoms with Gasteiger partial charge in [-0.3, -0.25) is 9.59 Å². The van der Waals surface area contributed by atoms with Gasteiger partial charge in [0.1, 0.15) is 0 Å². The molecule has 3 heteroatoms. The summed E-state index contributed by atoms with van der Waals surface area (Å²) in [7, 11) is 0. The van der Waals surface area contributed by atoms with E-state index in [0.717, 1.165) is 0 Å². The quantitative estimate of drug-likeness (QED) is 0.395. The fourth-order valence-corrected chi connectivity index (χ4v) is 0.206. The van der Waals surface area contributed by atoms with E-state index in [0.29, 0.717) is 0 Å². The maximum absolute atomic E-state index is 10.2. The molecule has 0 aliphatic rings. The Morgan fingerprint density at radius 3 is 2.50 bits per heavy atom. The molecule has 46 valence electrons. The van der Waals surface area contributed by atoms with Crippen LogP contribution in [-0.4, -0.2) is 23.8 Å². The largest absolute Gasteiger partial charge is 0.396 e. The molecule has 0 saturated carbocycles. The molecular weight excluding hydrogens is 108 g/mol. The summed E-state index contributed by atoms with van der Waals surface area (Å²) in [6.07, 6.45) is 0.223. The van der Waals surface area contributed by atoms with E-state index >= 15 is 0 Å². The van der Waals surface area contributed by atoms with Crippen molar-refractivity contribution in [1.82, 2.24) is 0 Å². The lowest BCUT2D eigenvalue weighted by Gasteiger charge is -1.96. The first-order valence-electron chi connectivity index (χ1n) is 2.32. The third kappa shape index (κ3) is 1.84. The van der Waals surface area contributed by atoms with Gasteiger partial charge in [0.05, 0.1) is 6.61 Å². The molecule has 0 aromatic rings. The van der Waals surface area contributed by atoms with Gasteiger partial charge in [0.15, 0.2) is 12.1 Å². The van der Waals surface area contributed by atoms with Gasteiger partial charge in [-0.05, 0) is 0 Å². The van der Waals surface area contributed by atoms with Gasteiger partial charge in [-0.2, -0.15) is 0 Å². The summed E-state index contributed by atoms with van der Waals surface area (Å²) < 4.78 is 0. The van der Waals surface area contributed by atoms with Crippen LogP contribution in [0.15, 0.2) is 0 Å². The number of aliphatic hydroxyl groups is 1. The van der Waals surface area contributed by atoms with E-state index in [1.54, 1.807) is 0 Å². The van der Waals surface area contributed by atoms with E-state index in [1.807, 2.05) is 0 Å². The van der Waals surface area contributed by atoms with Crippen LogP contribution in [0.3, 0.4) is 0 Å². The highest BCUT2D eigenvalue weighted by atomic mass is 16.3. The van der Waals surface area contributed by atoms with Crippen molar-refractivity contribution in [2.45, 2.75) is 6.92 Å². The average Bonchev–Trinajstić information content (AvgIpc) is 1.84. The summed E-state index contributed by atoms with van der Waals surface area (Å²) in [5, 5.41) is 8.26. The van der Waals surface area contributed by atoms with Crippen LogP contribution in [0.25, 0.3) is 0 Å². The molecule has 0 amide bonds. The third-order valence-corrected chi connectivity index (χ3v) is 0.876. The number of carbonyl (C=O) groups is 2. The molecule has 0 rings (SSSR count). The molecule has 0 bridgehead atoms. The molecule has 0 saturated heterocycles. The van der Waals surface area contributed by atoms with Crippen LogP contribution < -0.4 is 0 Å². The van der Waals surface area contributed by atoms with Gasteiger partial charge in [-0.15, -0.1) is 0 Å². The second kappa shape index (κ2) is 3.32. The van der Waals surface area contributed by atoms with E-state index in [9.17, 15) is 9.59 Å². The monoisotopic (exact) mass is 116 g/mol. The highest BCUT2D eigenvalue weighted by Crippen LogP contribution is 1.90. The van der Waals surface area contributed by atoms with Gasteiger partial charge in [0.25, 0.3) is 0 Å². The number of ketones is 1. The molecule has 3 nitrogen and oxygen atoms in total. The van der Waals surface area contributed by atoms with E-state index in [4.69, 9.17) is 5.11 Å². The van der Waals surface area contributed by atoms with Crippen LogP contribution in [0, 0.1) is 5.92 Å². The lowest BCUT2D eigenvalue weighted by atomic mass is 10.1. The predicted molar refractivity (Wildman–Crippen MR) is 27.3 cm³/mol. The Bertz CT molecular complexity index is 97.8. The summed E-state index contributed by atoms with van der Waals surface area (Å²) in [6, 6.07) is 0. The normalized spacial score (nSPS) is 12.8. The Balaban J connectivity index is 3.62. The summed E-state index contributed by atoms with van der Waals surface area (Å²) in [5.74, 6) is -1.08. The molecule has 1 atom stereocenters. The summed E-state index contributed by atoms with van der Waals surface area (Å²) in [5.41, 5.74) is 0. The number of hydrogen-bond acceptors (Lipinski definition) is 3. The van der Waals surface area contributed by atoms with Crippen molar-refractivity contribution in [3.05, 3.63) is 0 Å². The summed E-state index contributed by atoms with van der Waals surface area (Å²) >= 11 is 0. The van der Waals surface area contributed by atoms with Crippen molar-refractivity contribution >= 4 is 12.1 Å². The standard InChI is InChI=1S/C5H8O3/c1-4(2-6)5(8)3-7/h3-4,6H,2H2,1H3. The van der Waals surface area contributed by atoms with Gasteiger partial charge in [0.2, 0.25) is 0 Å². The zero-order valence-corrected chi connectivity index (χ0v) is 4.63. The minimum atomic E-state index is -0.549. The second-order valence-corrected chi connectivity index (χ2v) is 1.60. The van der Waals surface area contributed by atoms with Crippen molar-refractivity contribution in [3.8, 4) is 0 Å². The van der Waals surface area contributed by atoms with E-state index < -0.39 is 11.7 Å². The molecule has 8 heavy (non-hydrogen) atoms. The van der Waals surface area contributed by atoms with Crippen LogP contribution >= 0.6 is 0 Å². The van der Waals surface area contributed by atoms with Crippen LogP contribution in [0.4, 0.5) is 0 Å². The van der Waals surface area contributed by atoms with Gasteiger partial charge in [-0.25, -0.2) is 0 Å². The Hall–Kier alpha value is -0.700. The fraction of sp³-hybridized carbons (Fsp3) is 0.600. The van der Waals surface area contributed by atoms with Gasteiger partial charge < -0.3 is 5.11 Å². The molecule has 1 unspecified atom stereocenters. The Morgan fingerprint density at radius 1 is 1.88 bits per heavy atom. The number of carbonyl (C=O) groups excluding carboxylic acids is 2. The molecule has 0 heterocycles. The zero-order valence-electron chi connectivity index (χ0n) is 4.63. The van der Waals surface area contributed by atoms with E-state index in [-0.39, 0.29) is 12.9 Å². The summed E-state index contributed by atoms with van der Waals surface area (Å²) in [4.78, 5) is 19.9. The van der Waals surface area contributed by atoms with Crippen molar-refractivity contribution < 1.29 is 14.7 Å². The second-order valence-electron chi connectivity index (χ2n) is 1.60. The molecule has 1 N–H and O–H groups in total. The zero-order chi connectivity index (χ0) is 6.57. The molecule has 0 spiro atoms. The SMILES string of the molecule is CC(CO)C(=O)C=O. The van der Waals surface area contributed by atoms with Gasteiger partial charge in [-0.1, -0.05) is 6.92 Å². The van der Waals surface area contributed by atoms with E-state index in [2.05, 4.69) is 0 Å². The first kappa shape index (κ1) is 7.30. The fourth-order valence-electron chi connectivity index (χ4n) is 0.206. The van der Waals surface area contributed by atoms with Crippen LogP contribution in [0.5, 0.6) is 0 Å². The molecule has 0 radical (unpaired) electrons. The van der Waals surface area contributed by atoms with Crippen molar-refractivity contribution in [3.63, 3.8) is 0 Å². The van der Waals surface area contributed by atoms with Gasteiger partial charge >= 0.3 is 0 Å². The third-order valence-electron chi connectivity index (χ3n) is 0.876. The molecule has 0 aromatic carbocycles. The van der Waals surface area contributed by atoms with Crippen LogP contribution in [0.1, 0.15) is 6.92 Å². The minimum Gasteiger partial charge on any atom is -0.396 e. The van der Waals surface area contributed by atoms with Crippen LogP contribution in [0.2, 0.25) is 0 Å². The minimum absolute atomic E-state index is 0.223. The maximum Gasteiger partial charge on any atom is 0.200 e. The summed E-state index contributed by atoms with van der Waals surface area (Å²) in [6.45, 7) is 1.24. The van der Waals surface area contributed by atoms with Crippen molar-refractivity contribution in [1.29, 1.82) is 0 Å². The van der Waals surface area contributed by atoms with E-state index in [1.165, 1.54) is 6.92 Å². The lowest BCUT2D eigenvalue weighted by Crippen LogP contribution is -2.15. The predicted octanol–water partition coefficient (Wildman–Crippen LogP) is -0.617. The number of aldehydes is 1. The molecular formula is C5H8O3. The average molecular weight is 116 g/mol. The first-order chi connectivity index (χ1) is 3.72. The number of Topliss-reactive ketones (excluding diaryl/α,β-unsaturated/α-hetero) is 1. The number of aliphatic hydroxyl groups excluding tert-OH is 1. The highest BCUT2D eigenvalue weighted by molar-refractivity contribution is 6.25. The Morgan fingerprint density at radius 2 is 2.38 bits per heavy atom. The molecule has 0 aromatic heterocycles. The Kier molecular flexibility index (Phi) is 3.03. The van der Waals surface area contributed by atoms with Crippen molar-refractivity contribution in [2.24, 2.45) is 5.92 Å². The van der Waals surface area contributed by atoms with Crippen LogP contribution in [-0.2, 0) is 9.59 Å². The number of hydrogen-bond donors (Lipinski definition) is 1. The van der Waals surface area contributed by atoms with Gasteiger partial charge in [0, 0.05) is 5.92 Å². The lowest BCUT2D eigenvalue weighted by molar-refractivity contribution is -0.132. The smallest absolute Gasteiger partial charge is 0.200 e. The maximum atomic E-state index is 10.2. The highest BCUT2D eigenvalue weighted by Gasteiger charge is 2.08. The van der Waals surface area contributed by atoms with Crippen molar-refractivity contribution in [2.75, 3.05) is 6.61 Å². The molecule has 0 aliphatic heterocycles. The topological polar surface area (TPSA) is 54.4 Å².